The van der Waals surface area contributed by atoms with Gasteiger partial charge in [-0.15, -0.1) is 11.3 Å². The summed E-state index contributed by atoms with van der Waals surface area (Å²) in [6.07, 6.45) is 1.96. The number of hydrogen-bond donors (Lipinski definition) is 1. The van der Waals surface area contributed by atoms with Gasteiger partial charge in [0.2, 0.25) is 0 Å². The SMILES string of the molecule is CCC(CC)[C@H](NC(=O)c1ccc(CS(=O)(=O)c2ccccc2)cc1)c1cccs1. The number of carbonyl (C=O) groups excluding carboxylic acids is 1. The fourth-order valence-electron chi connectivity index (χ4n) is 3.56. The van der Waals surface area contributed by atoms with Crippen molar-refractivity contribution in [3.63, 3.8) is 0 Å². The molecule has 0 aliphatic rings. The van der Waals surface area contributed by atoms with Crippen LogP contribution < -0.4 is 5.32 Å². The van der Waals surface area contributed by atoms with E-state index in [1.807, 2.05) is 11.4 Å². The van der Waals surface area contributed by atoms with E-state index in [9.17, 15) is 13.2 Å². The van der Waals surface area contributed by atoms with Crippen LogP contribution in [-0.2, 0) is 15.6 Å². The van der Waals surface area contributed by atoms with Crippen LogP contribution in [0.5, 0.6) is 0 Å². The van der Waals surface area contributed by atoms with Gasteiger partial charge in [0.25, 0.3) is 5.91 Å². The highest BCUT2D eigenvalue weighted by molar-refractivity contribution is 7.90. The number of rotatable bonds is 9. The van der Waals surface area contributed by atoms with E-state index in [-0.39, 0.29) is 17.7 Å². The topological polar surface area (TPSA) is 63.2 Å². The number of amides is 1. The molecule has 1 amide bonds. The highest BCUT2D eigenvalue weighted by Crippen LogP contribution is 2.30. The fraction of sp³-hybridized carbons (Fsp3) is 0.292. The van der Waals surface area contributed by atoms with Gasteiger partial charge in [-0.25, -0.2) is 8.42 Å². The molecular weight excluding hydrogens is 414 g/mol. The van der Waals surface area contributed by atoms with Crippen LogP contribution in [0.15, 0.2) is 77.0 Å². The maximum absolute atomic E-state index is 12.9. The van der Waals surface area contributed by atoms with Gasteiger partial charge < -0.3 is 5.32 Å². The van der Waals surface area contributed by atoms with E-state index in [4.69, 9.17) is 0 Å². The maximum atomic E-state index is 12.9. The number of nitrogens with one attached hydrogen (secondary N) is 1. The Labute approximate surface area is 182 Å². The molecule has 30 heavy (non-hydrogen) atoms. The molecule has 2 aromatic carbocycles. The Balaban J connectivity index is 1.73. The number of hydrogen-bond acceptors (Lipinski definition) is 4. The summed E-state index contributed by atoms with van der Waals surface area (Å²) in [5.41, 5.74) is 1.19. The molecule has 1 N–H and O–H groups in total. The van der Waals surface area contributed by atoms with Crippen LogP contribution in [-0.4, -0.2) is 14.3 Å². The molecule has 158 valence electrons. The zero-order chi connectivity index (χ0) is 21.6. The van der Waals surface area contributed by atoms with Gasteiger partial charge in [-0.1, -0.05) is 63.1 Å². The Kier molecular flexibility index (Phi) is 7.45. The van der Waals surface area contributed by atoms with Crippen molar-refractivity contribution in [3.05, 3.63) is 88.1 Å². The lowest BCUT2D eigenvalue weighted by atomic mass is 9.92. The van der Waals surface area contributed by atoms with Crippen molar-refractivity contribution in [2.45, 2.75) is 43.4 Å². The summed E-state index contributed by atoms with van der Waals surface area (Å²) in [6, 6.07) is 19.3. The van der Waals surface area contributed by atoms with Crippen molar-refractivity contribution < 1.29 is 13.2 Å². The monoisotopic (exact) mass is 441 g/mol. The summed E-state index contributed by atoms with van der Waals surface area (Å²) in [5.74, 6) is 0.130. The zero-order valence-electron chi connectivity index (χ0n) is 17.2. The molecule has 1 atom stereocenters. The Morgan fingerprint density at radius 1 is 0.933 bits per heavy atom. The van der Waals surface area contributed by atoms with Crippen LogP contribution >= 0.6 is 11.3 Å². The first-order chi connectivity index (χ1) is 14.4. The Hall–Kier alpha value is -2.44. The molecule has 0 unspecified atom stereocenters. The molecule has 0 saturated carbocycles. The summed E-state index contributed by atoms with van der Waals surface area (Å²) < 4.78 is 25.1. The lowest BCUT2D eigenvalue weighted by molar-refractivity contribution is 0.0920. The molecule has 0 saturated heterocycles. The smallest absolute Gasteiger partial charge is 0.251 e. The molecule has 0 bridgehead atoms. The van der Waals surface area contributed by atoms with Crippen LogP contribution in [0.1, 0.15) is 53.5 Å². The molecular formula is C24H27NO3S2. The standard InChI is InChI=1S/C24H27NO3S2/c1-3-19(4-2)23(22-11-8-16-29-22)25-24(26)20-14-12-18(13-15-20)17-30(27,28)21-9-6-5-7-10-21/h5-16,19,23H,3-4,17H2,1-2H3,(H,25,26)/t23-/m0/s1. The van der Waals surface area contributed by atoms with Gasteiger partial charge >= 0.3 is 0 Å². The summed E-state index contributed by atoms with van der Waals surface area (Å²) in [7, 11) is -3.41. The summed E-state index contributed by atoms with van der Waals surface area (Å²) >= 11 is 1.65. The summed E-state index contributed by atoms with van der Waals surface area (Å²) in [4.78, 5) is 14.3. The predicted molar refractivity (Wildman–Crippen MR) is 122 cm³/mol. The van der Waals surface area contributed by atoms with Crippen LogP contribution in [0.2, 0.25) is 0 Å². The first kappa shape index (κ1) is 22.2. The third kappa shape index (κ3) is 5.37. The van der Waals surface area contributed by atoms with Gasteiger partial charge in [0, 0.05) is 10.4 Å². The molecule has 0 radical (unpaired) electrons. The third-order valence-corrected chi connectivity index (χ3v) is 7.99. The molecule has 3 rings (SSSR count). The van der Waals surface area contributed by atoms with Crippen molar-refractivity contribution in [2.75, 3.05) is 0 Å². The van der Waals surface area contributed by atoms with Gasteiger partial charge in [-0.05, 0) is 47.2 Å². The lowest BCUT2D eigenvalue weighted by Gasteiger charge is -2.25. The molecule has 0 fully saturated rings. The second kappa shape index (κ2) is 10.0. The van der Waals surface area contributed by atoms with E-state index in [1.165, 1.54) is 0 Å². The van der Waals surface area contributed by atoms with Crippen LogP contribution in [0.25, 0.3) is 0 Å². The highest BCUT2D eigenvalue weighted by Gasteiger charge is 2.24. The average molecular weight is 442 g/mol. The number of sulfone groups is 1. The van der Waals surface area contributed by atoms with Crippen molar-refractivity contribution in [2.24, 2.45) is 5.92 Å². The summed E-state index contributed by atoms with van der Waals surface area (Å²) in [6.45, 7) is 4.28. The maximum Gasteiger partial charge on any atom is 0.251 e. The van der Waals surface area contributed by atoms with Crippen LogP contribution in [0, 0.1) is 5.92 Å². The van der Waals surface area contributed by atoms with Gasteiger partial charge in [0.15, 0.2) is 9.84 Å². The average Bonchev–Trinajstić information content (AvgIpc) is 3.29. The fourth-order valence-corrected chi connectivity index (χ4v) is 5.80. The van der Waals surface area contributed by atoms with Gasteiger partial charge in [-0.3, -0.25) is 4.79 Å². The second-order valence-electron chi connectivity index (χ2n) is 7.31. The van der Waals surface area contributed by atoms with E-state index in [2.05, 4.69) is 25.2 Å². The molecule has 0 aliphatic heterocycles. The van der Waals surface area contributed by atoms with Crippen molar-refractivity contribution in [1.82, 2.24) is 5.32 Å². The Bertz CT molecular complexity index is 1040. The summed E-state index contributed by atoms with van der Waals surface area (Å²) in [5, 5.41) is 5.21. The van der Waals surface area contributed by atoms with Gasteiger partial charge in [0.1, 0.15) is 0 Å². The molecule has 6 heteroatoms. The van der Waals surface area contributed by atoms with E-state index >= 15 is 0 Å². The number of carbonyl (C=O) groups is 1. The quantitative estimate of drug-likeness (QED) is 0.468. The van der Waals surface area contributed by atoms with Gasteiger partial charge in [-0.2, -0.15) is 0 Å². The molecule has 3 aromatic rings. The zero-order valence-corrected chi connectivity index (χ0v) is 18.9. The minimum absolute atomic E-state index is 0.0226. The lowest BCUT2D eigenvalue weighted by Crippen LogP contribution is -2.32. The predicted octanol–water partition coefficient (Wildman–Crippen LogP) is 5.63. The van der Waals surface area contributed by atoms with Gasteiger partial charge in [0.05, 0.1) is 16.7 Å². The van der Waals surface area contributed by atoms with E-state index < -0.39 is 9.84 Å². The van der Waals surface area contributed by atoms with E-state index in [1.54, 1.807) is 65.9 Å². The minimum atomic E-state index is -3.41. The Morgan fingerprint density at radius 2 is 1.60 bits per heavy atom. The van der Waals surface area contributed by atoms with Crippen molar-refractivity contribution >= 4 is 27.1 Å². The molecule has 1 aromatic heterocycles. The molecule has 4 nitrogen and oxygen atoms in total. The molecule has 1 heterocycles. The molecule has 0 aliphatic carbocycles. The van der Waals surface area contributed by atoms with E-state index in [0.29, 0.717) is 21.9 Å². The molecule has 0 spiro atoms. The van der Waals surface area contributed by atoms with E-state index in [0.717, 1.165) is 17.7 Å². The van der Waals surface area contributed by atoms with Crippen molar-refractivity contribution in [1.29, 1.82) is 0 Å². The number of benzene rings is 2. The highest BCUT2D eigenvalue weighted by atomic mass is 32.2. The first-order valence-electron chi connectivity index (χ1n) is 10.2. The number of thiophene rings is 1. The Morgan fingerprint density at radius 3 is 2.17 bits per heavy atom. The normalized spacial score (nSPS) is 12.6. The minimum Gasteiger partial charge on any atom is -0.344 e. The van der Waals surface area contributed by atoms with Crippen LogP contribution in [0.4, 0.5) is 0 Å². The second-order valence-corrected chi connectivity index (χ2v) is 10.3. The first-order valence-corrected chi connectivity index (χ1v) is 12.7. The van der Waals surface area contributed by atoms with Crippen LogP contribution in [0.3, 0.4) is 0 Å². The largest absolute Gasteiger partial charge is 0.344 e. The third-order valence-electron chi connectivity index (χ3n) is 5.33. The van der Waals surface area contributed by atoms with Crippen molar-refractivity contribution in [3.8, 4) is 0 Å².